The molecule has 0 aliphatic heterocycles. The summed E-state index contributed by atoms with van der Waals surface area (Å²) in [6, 6.07) is 2.72. The molecule has 1 heterocycles. The Bertz CT molecular complexity index is 362. The molecule has 1 aromatic heterocycles. The molecule has 0 unspecified atom stereocenters. The lowest BCUT2D eigenvalue weighted by Gasteiger charge is -2.21. The largest absolute Gasteiger partial charge is 0.311 e. The van der Waals surface area contributed by atoms with Crippen LogP contribution in [-0.2, 0) is 6.54 Å². The Morgan fingerprint density at radius 2 is 2.00 bits per heavy atom. The molecule has 20 heavy (non-hydrogen) atoms. The van der Waals surface area contributed by atoms with E-state index in [1.54, 1.807) is 0 Å². The van der Waals surface area contributed by atoms with Crippen molar-refractivity contribution < 1.29 is 0 Å². The van der Waals surface area contributed by atoms with Crippen molar-refractivity contribution in [1.82, 2.24) is 15.1 Å². The van der Waals surface area contributed by atoms with Gasteiger partial charge in [-0.25, -0.2) is 0 Å². The van der Waals surface area contributed by atoms with Crippen LogP contribution in [-0.4, -0.2) is 16.3 Å². The molecule has 1 fully saturated rings. The molecule has 1 N–H and O–H groups in total. The van der Waals surface area contributed by atoms with Crippen molar-refractivity contribution in [2.75, 3.05) is 6.54 Å². The topological polar surface area (TPSA) is 29.9 Å². The summed E-state index contributed by atoms with van der Waals surface area (Å²) in [6.45, 7) is 6.53. The van der Waals surface area contributed by atoms with Gasteiger partial charge in [-0.1, -0.05) is 46.0 Å². The fourth-order valence-corrected chi connectivity index (χ4v) is 3.34. The van der Waals surface area contributed by atoms with Crippen molar-refractivity contribution in [3.8, 4) is 0 Å². The van der Waals surface area contributed by atoms with Crippen molar-refractivity contribution in [2.24, 2.45) is 5.92 Å². The van der Waals surface area contributed by atoms with Gasteiger partial charge in [0.2, 0.25) is 0 Å². The second-order valence-electron chi connectivity index (χ2n) is 6.23. The van der Waals surface area contributed by atoms with E-state index in [-0.39, 0.29) is 0 Å². The zero-order valence-corrected chi connectivity index (χ0v) is 13.3. The van der Waals surface area contributed by atoms with E-state index in [0.717, 1.165) is 31.8 Å². The van der Waals surface area contributed by atoms with Crippen molar-refractivity contribution in [3.63, 3.8) is 0 Å². The summed E-state index contributed by atoms with van der Waals surface area (Å²) >= 11 is 0. The Morgan fingerprint density at radius 1 is 1.25 bits per heavy atom. The highest BCUT2D eigenvalue weighted by Gasteiger charge is 2.12. The van der Waals surface area contributed by atoms with Crippen LogP contribution in [0.2, 0.25) is 0 Å². The van der Waals surface area contributed by atoms with E-state index in [1.807, 2.05) is 0 Å². The van der Waals surface area contributed by atoms with Crippen LogP contribution >= 0.6 is 0 Å². The zero-order chi connectivity index (χ0) is 14.2. The van der Waals surface area contributed by atoms with Gasteiger partial charge in [-0.3, -0.25) is 4.68 Å². The minimum Gasteiger partial charge on any atom is -0.311 e. The SMILES string of the molecule is CCC(CC)n1ccc(CNCCC2CCCCC2)n1. The first-order chi connectivity index (χ1) is 9.83. The number of hydrogen-bond donors (Lipinski definition) is 1. The lowest BCUT2D eigenvalue weighted by molar-refractivity contribution is 0.333. The standard InChI is InChI=1S/C17H31N3/c1-3-17(4-2)20-13-11-16(19-20)14-18-12-10-15-8-6-5-7-9-15/h11,13,15,17-18H,3-10,12,14H2,1-2H3. The summed E-state index contributed by atoms with van der Waals surface area (Å²) < 4.78 is 2.14. The molecule has 2 rings (SSSR count). The number of nitrogens with zero attached hydrogens (tertiary/aromatic N) is 2. The Kier molecular flexibility index (Phi) is 6.58. The average molecular weight is 277 g/mol. The highest BCUT2D eigenvalue weighted by Crippen LogP contribution is 2.25. The molecule has 1 aromatic rings. The van der Waals surface area contributed by atoms with Gasteiger partial charge in [0.25, 0.3) is 0 Å². The summed E-state index contributed by atoms with van der Waals surface area (Å²) in [6.07, 6.45) is 13.0. The minimum absolute atomic E-state index is 0.561. The maximum atomic E-state index is 4.69. The molecular weight excluding hydrogens is 246 g/mol. The number of rotatable bonds is 8. The Balaban J connectivity index is 1.66. The molecule has 3 nitrogen and oxygen atoms in total. The first-order valence-corrected chi connectivity index (χ1v) is 8.58. The fraction of sp³-hybridized carbons (Fsp3) is 0.824. The van der Waals surface area contributed by atoms with Crippen LogP contribution in [0.5, 0.6) is 0 Å². The van der Waals surface area contributed by atoms with Gasteiger partial charge >= 0.3 is 0 Å². The van der Waals surface area contributed by atoms with Gasteiger partial charge in [0.15, 0.2) is 0 Å². The second-order valence-corrected chi connectivity index (χ2v) is 6.23. The molecule has 0 aromatic carbocycles. The molecule has 0 spiro atoms. The highest BCUT2D eigenvalue weighted by atomic mass is 15.3. The summed E-state index contributed by atoms with van der Waals surface area (Å²) in [5.74, 6) is 0.971. The van der Waals surface area contributed by atoms with Crippen LogP contribution in [0.15, 0.2) is 12.3 Å². The average Bonchev–Trinajstić information content (AvgIpc) is 2.95. The van der Waals surface area contributed by atoms with Gasteiger partial charge in [-0.2, -0.15) is 5.10 Å². The summed E-state index contributed by atoms with van der Waals surface area (Å²) in [5.41, 5.74) is 1.18. The summed E-state index contributed by atoms with van der Waals surface area (Å²) in [4.78, 5) is 0. The van der Waals surface area contributed by atoms with E-state index in [1.165, 1.54) is 44.2 Å². The normalized spacial score (nSPS) is 16.9. The van der Waals surface area contributed by atoms with E-state index < -0.39 is 0 Å². The highest BCUT2D eigenvalue weighted by molar-refractivity contribution is 4.99. The van der Waals surface area contributed by atoms with Crippen molar-refractivity contribution in [2.45, 2.75) is 77.8 Å². The van der Waals surface area contributed by atoms with Crippen LogP contribution in [0.3, 0.4) is 0 Å². The molecule has 0 radical (unpaired) electrons. The number of nitrogens with one attached hydrogen (secondary N) is 1. The maximum Gasteiger partial charge on any atom is 0.0762 e. The molecule has 1 aliphatic carbocycles. The van der Waals surface area contributed by atoms with Crippen LogP contribution in [0.4, 0.5) is 0 Å². The Labute approximate surface area is 124 Å². The van der Waals surface area contributed by atoms with E-state index in [2.05, 4.69) is 36.1 Å². The Hall–Kier alpha value is -0.830. The molecule has 1 aliphatic rings. The molecule has 0 amide bonds. The fourth-order valence-electron chi connectivity index (χ4n) is 3.34. The molecule has 0 atom stereocenters. The third-order valence-electron chi connectivity index (χ3n) is 4.74. The zero-order valence-electron chi connectivity index (χ0n) is 13.3. The summed E-state index contributed by atoms with van der Waals surface area (Å²) in [7, 11) is 0. The van der Waals surface area contributed by atoms with Crippen LogP contribution in [0.25, 0.3) is 0 Å². The molecule has 1 saturated carbocycles. The van der Waals surface area contributed by atoms with Crippen LogP contribution < -0.4 is 5.32 Å². The monoisotopic (exact) mass is 277 g/mol. The smallest absolute Gasteiger partial charge is 0.0762 e. The lowest BCUT2D eigenvalue weighted by Crippen LogP contribution is -2.19. The van der Waals surface area contributed by atoms with E-state index in [9.17, 15) is 0 Å². The van der Waals surface area contributed by atoms with E-state index in [4.69, 9.17) is 5.10 Å². The molecule has 0 bridgehead atoms. The second kappa shape index (κ2) is 8.46. The van der Waals surface area contributed by atoms with Crippen molar-refractivity contribution in [1.29, 1.82) is 0 Å². The van der Waals surface area contributed by atoms with Gasteiger partial charge in [0, 0.05) is 12.7 Å². The van der Waals surface area contributed by atoms with E-state index in [0.29, 0.717) is 6.04 Å². The Morgan fingerprint density at radius 3 is 2.70 bits per heavy atom. The first kappa shape index (κ1) is 15.6. The third kappa shape index (κ3) is 4.62. The van der Waals surface area contributed by atoms with Gasteiger partial charge < -0.3 is 5.32 Å². The number of hydrogen-bond acceptors (Lipinski definition) is 2. The quantitative estimate of drug-likeness (QED) is 0.718. The molecule has 3 heteroatoms. The predicted molar refractivity (Wildman–Crippen MR) is 84.7 cm³/mol. The lowest BCUT2D eigenvalue weighted by atomic mass is 9.87. The summed E-state index contributed by atoms with van der Waals surface area (Å²) in [5, 5.41) is 8.25. The minimum atomic E-state index is 0.561. The van der Waals surface area contributed by atoms with Gasteiger partial charge in [0.1, 0.15) is 0 Å². The van der Waals surface area contributed by atoms with Crippen LogP contribution in [0.1, 0.15) is 76.9 Å². The van der Waals surface area contributed by atoms with Crippen molar-refractivity contribution in [3.05, 3.63) is 18.0 Å². The predicted octanol–water partition coefficient (Wildman–Crippen LogP) is 4.30. The van der Waals surface area contributed by atoms with E-state index >= 15 is 0 Å². The maximum absolute atomic E-state index is 4.69. The molecule has 0 saturated heterocycles. The third-order valence-corrected chi connectivity index (χ3v) is 4.74. The molecular formula is C17H31N3. The number of aromatic nitrogens is 2. The molecule has 114 valence electrons. The van der Waals surface area contributed by atoms with Crippen LogP contribution in [0, 0.1) is 5.92 Å². The first-order valence-electron chi connectivity index (χ1n) is 8.58. The van der Waals surface area contributed by atoms with Gasteiger partial charge in [-0.15, -0.1) is 0 Å². The van der Waals surface area contributed by atoms with Gasteiger partial charge in [0.05, 0.1) is 11.7 Å². The van der Waals surface area contributed by atoms with Gasteiger partial charge in [-0.05, 0) is 37.8 Å². The van der Waals surface area contributed by atoms with Crippen molar-refractivity contribution >= 4 is 0 Å².